The maximum atomic E-state index is 12.6. The molecule has 2 aromatic heterocycles. The maximum absolute atomic E-state index is 12.6. The average Bonchev–Trinajstić information content (AvgIpc) is 3.00. The zero-order chi connectivity index (χ0) is 21.0. The van der Waals surface area contributed by atoms with Gasteiger partial charge in [0.1, 0.15) is 5.52 Å². The van der Waals surface area contributed by atoms with Gasteiger partial charge < -0.3 is 10.6 Å². The Bertz CT molecular complexity index is 997. The summed E-state index contributed by atoms with van der Waals surface area (Å²) >= 11 is 12.5. The van der Waals surface area contributed by atoms with E-state index in [1.54, 1.807) is 35.0 Å². The first kappa shape index (κ1) is 21.4. The quantitative estimate of drug-likeness (QED) is 0.445. The van der Waals surface area contributed by atoms with Crippen LogP contribution in [0.2, 0.25) is 10.0 Å². The summed E-state index contributed by atoms with van der Waals surface area (Å²) in [4.78, 5) is 21.6. The molecule has 0 aliphatic carbocycles. The van der Waals surface area contributed by atoms with E-state index in [4.69, 9.17) is 23.2 Å². The number of hydrogen-bond acceptors (Lipinski definition) is 4. The molecule has 0 fully saturated rings. The van der Waals surface area contributed by atoms with E-state index in [-0.39, 0.29) is 11.9 Å². The first-order valence-electron chi connectivity index (χ1n) is 9.75. The van der Waals surface area contributed by atoms with Crippen molar-refractivity contribution in [2.45, 2.75) is 45.6 Å². The van der Waals surface area contributed by atoms with Crippen molar-refractivity contribution in [3.05, 3.63) is 46.1 Å². The van der Waals surface area contributed by atoms with Crippen molar-refractivity contribution in [2.75, 3.05) is 5.32 Å². The van der Waals surface area contributed by atoms with E-state index in [0.29, 0.717) is 38.4 Å². The van der Waals surface area contributed by atoms with Gasteiger partial charge in [-0.25, -0.2) is 9.97 Å². The van der Waals surface area contributed by atoms with E-state index in [2.05, 4.69) is 27.5 Å². The summed E-state index contributed by atoms with van der Waals surface area (Å²) in [6.07, 6.45) is 5.98. The van der Waals surface area contributed by atoms with Crippen LogP contribution in [0.3, 0.4) is 0 Å². The molecule has 2 N–H and O–H groups in total. The highest BCUT2D eigenvalue weighted by molar-refractivity contribution is 6.39. The number of aryl methyl sites for hydroxylation is 1. The highest BCUT2D eigenvalue weighted by atomic mass is 35.5. The number of nitrogens with zero attached hydrogens (tertiary/aromatic N) is 3. The molecule has 29 heavy (non-hydrogen) atoms. The van der Waals surface area contributed by atoms with Gasteiger partial charge in [-0.2, -0.15) is 0 Å². The van der Waals surface area contributed by atoms with Gasteiger partial charge in [0.15, 0.2) is 5.65 Å². The third kappa shape index (κ3) is 5.00. The summed E-state index contributed by atoms with van der Waals surface area (Å²) in [5.41, 5.74) is 2.33. The van der Waals surface area contributed by atoms with E-state index in [1.165, 1.54) is 6.42 Å². The van der Waals surface area contributed by atoms with Crippen LogP contribution >= 0.6 is 23.2 Å². The summed E-state index contributed by atoms with van der Waals surface area (Å²) in [5.74, 6) is 0.394. The number of carbonyl (C=O) groups is 1. The lowest BCUT2D eigenvalue weighted by molar-refractivity contribution is 0.0937. The summed E-state index contributed by atoms with van der Waals surface area (Å²) in [7, 11) is 1.84. The normalized spacial score (nSPS) is 12.2. The number of nitrogens with one attached hydrogen (secondary N) is 2. The molecule has 0 aliphatic heterocycles. The number of hydrogen-bond donors (Lipinski definition) is 2. The fraction of sp³-hybridized carbons (Fsp3) is 0.381. The molecular weight excluding hydrogens is 409 g/mol. The van der Waals surface area contributed by atoms with Crippen molar-refractivity contribution in [3.63, 3.8) is 0 Å². The number of rotatable bonds is 8. The molecule has 0 spiro atoms. The van der Waals surface area contributed by atoms with E-state index < -0.39 is 0 Å². The summed E-state index contributed by atoms with van der Waals surface area (Å²) < 4.78 is 1.80. The van der Waals surface area contributed by atoms with Crippen LogP contribution in [0.5, 0.6) is 0 Å². The van der Waals surface area contributed by atoms with Crippen LogP contribution in [-0.4, -0.2) is 26.5 Å². The van der Waals surface area contributed by atoms with Gasteiger partial charge in [-0.1, -0.05) is 55.5 Å². The van der Waals surface area contributed by atoms with Gasteiger partial charge in [-0.3, -0.25) is 9.36 Å². The molecule has 0 saturated carbocycles. The predicted octanol–water partition coefficient (Wildman–Crippen LogP) is 5.72. The molecule has 3 rings (SSSR count). The minimum absolute atomic E-state index is 0.119. The van der Waals surface area contributed by atoms with Gasteiger partial charge in [-0.15, -0.1) is 0 Å². The van der Waals surface area contributed by atoms with Gasteiger partial charge in [0, 0.05) is 19.3 Å². The molecule has 6 nitrogen and oxygen atoms in total. The number of para-hydroxylation sites is 1. The van der Waals surface area contributed by atoms with Crippen LogP contribution < -0.4 is 10.6 Å². The average molecular weight is 434 g/mol. The van der Waals surface area contributed by atoms with E-state index in [0.717, 1.165) is 19.3 Å². The molecule has 0 radical (unpaired) electrons. The van der Waals surface area contributed by atoms with Crippen LogP contribution in [0.1, 0.15) is 49.9 Å². The molecular formula is C21H25Cl2N5O. The fourth-order valence-electron chi connectivity index (χ4n) is 3.12. The van der Waals surface area contributed by atoms with Crippen LogP contribution in [0, 0.1) is 0 Å². The molecule has 1 aromatic carbocycles. The molecule has 2 heterocycles. The number of fused-ring (bicyclic) bond motifs is 1. The Morgan fingerprint density at radius 2 is 1.97 bits per heavy atom. The molecule has 3 aromatic rings. The largest absolute Gasteiger partial charge is 0.350 e. The minimum atomic E-state index is -0.141. The van der Waals surface area contributed by atoms with Crippen molar-refractivity contribution in [2.24, 2.45) is 7.05 Å². The number of carbonyl (C=O) groups excluding carboxylic acids is 1. The molecule has 0 bridgehead atoms. The third-order valence-electron chi connectivity index (χ3n) is 4.79. The zero-order valence-electron chi connectivity index (χ0n) is 16.8. The SMILES string of the molecule is CCCCC[C@H](C)NC(=O)c1cnc2c(c1)nc(Nc1c(Cl)cccc1Cl)n2C. The number of imidazole rings is 1. The number of anilines is 2. The van der Waals surface area contributed by atoms with Crippen LogP contribution in [-0.2, 0) is 7.05 Å². The smallest absolute Gasteiger partial charge is 0.253 e. The molecule has 154 valence electrons. The first-order valence-corrected chi connectivity index (χ1v) is 10.5. The molecule has 1 amide bonds. The standard InChI is InChI=1S/C21H25Cl2N5O/c1-4-5-6-8-13(2)25-20(29)14-11-17-19(24-12-14)28(3)21(26-17)27-18-15(22)9-7-10-16(18)23/h7,9-13H,4-6,8H2,1-3H3,(H,25,29)(H,26,27)/t13-/m0/s1. The van der Waals surface area contributed by atoms with E-state index in [9.17, 15) is 4.79 Å². The second-order valence-electron chi connectivity index (χ2n) is 7.15. The minimum Gasteiger partial charge on any atom is -0.350 e. The van der Waals surface area contributed by atoms with Crippen molar-refractivity contribution in [3.8, 4) is 0 Å². The summed E-state index contributed by atoms with van der Waals surface area (Å²) in [6.45, 7) is 4.19. The van der Waals surface area contributed by atoms with Gasteiger partial charge in [-0.05, 0) is 31.5 Å². The lowest BCUT2D eigenvalue weighted by Crippen LogP contribution is -2.32. The third-order valence-corrected chi connectivity index (χ3v) is 5.42. The number of halogens is 2. The first-order chi connectivity index (χ1) is 13.9. The van der Waals surface area contributed by atoms with E-state index in [1.807, 2.05) is 14.0 Å². The molecule has 1 atom stereocenters. The second kappa shape index (κ2) is 9.46. The Hall–Kier alpha value is -2.31. The summed E-state index contributed by atoms with van der Waals surface area (Å²) in [6, 6.07) is 7.14. The lowest BCUT2D eigenvalue weighted by atomic mass is 10.1. The Morgan fingerprint density at radius 3 is 2.66 bits per heavy atom. The van der Waals surface area contributed by atoms with E-state index >= 15 is 0 Å². The van der Waals surface area contributed by atoms with Crippen LogP contribution in [0.4, 0.5) is 11.6 Å². The second-order valence-corrected chi connectivity index (χ2v) is 7.97. The lowest BCUT2D eigenvalue weighted by Gasteiger charge is -2.13. The Balaban J connectivity index is 1.79. The number of benzene rings is 1. The predicted molar refractivity (Wildman–Crippen MR) is 119 cm³/mol. The Labute approximate surface area is 180 Å². The zero-order valence-corrected chi connectivity index (χ0v) is 18.3. The van der Waals surface area contributed by atoms with Gasteiger partial charge >= 0.3 is 0 Å². The highest BCUT2D eigenvalue weighted by Gasteiger charge is 2.16. The van der Waals surface area contributed by atoms with Crippen molar-refractivity contribution >= 4 is 51.9 Å². The van der Waals surface area contributed by atoms with Crippen LogP contribution in [0.15, 0.2) is 30.5 Å². The number of unbranched alkanes of at least 4 members (excludes halogenated alkanes) is 2. The molecule has 0 aliphatic rings. The number of aromatic nitrogens is 3. The maximum Gasteiger partial charge on any atom is 0.253 e. The number of pyridine rings is 1. The highest BCUT2D eigenvalue weighted by Crippen LogP contribution is 2.32. The topological polar surface area (TPSA) is 71.8 Å². The monoisotopic (exact) mass is 433 g/mol. The molecule has 0 saturated heterocycles. The molecule has 8 heteroatoms. The number of amides is 1. The fourth-order valence-corrected chi connectivity index (χ4v) is 3.61. The summed E-state index contributed by atoms with van der Waals surface area (Å²) in [5, 5.41) is 7.18. The Morgan fingerprint density at radius 1 is 1.24 bits per heavy atom. The molecule has 0 unspecified atom stereocenters. The Kier molecular flexibility index (Phi) is 6.98. The van der Waals surface area contributed by atoms with Gasteiger partial charge in [0.05, 0.1) is 21.3 Å². The van der Waals surface area contributed by atoms with Crippen molar-refractivity contribution in [1.82, 2.24) is 19.9 Å². The van der Waals surface area contributed by atoms with Crippen molar-refractivity contribution < 1.29 is 4.79 Å². The van der Waals surface area contributed by atoms with Crippen molar-refractivity contribution in [1.29, 1.82) is 0 Å². The van der Waals surface area contributed by atoms with Crippen LogP contribution in [0.25, 0.3) is 11.2 Å². The van der Waals surface area contributed by atoms with Gasteiger partial charge in [0.2, 0.25) is 5.95 Å². The van der Waals surface area contributed by atoms with Gasteiger partial charge in [0.25, 0.3) is 5.91 Å².